The summed E-state index contributed by atoms with van der Waals surface area (Å²) in [6, 6.07) is 23.5. The summed E-state index contributed by atoms with van der Waals surface area (Å²) in [5.41, 5.74) is 12.1. The Morgan fingerprint density at radius 3 is 2.47 bits per heavy atom. The van der Waals surface area contributed by atoms with Crippen molar-refractivity contribution < 1.29 is 9.59 Å². The Kier molecular flexibility index (Phi) is 4.17. The summed E-state index contributed by atoms with van der Waals surface area (Å²) < 4.78 is 0. The molecule has 0 spiro atoms. The molecule has 0 fully saturated rings. The average Bonchev–Trinajstić information content (AvgIpc) is 3.24. The van der Waals surface area contributed by atoms with Crippen molar-refractivity contribution in [2.45, 2.75) is 13.0 Å². The molecule has 1 aliphatic rings. The van der Waals surface area contributed by atoms with Crippen LogP contribution < -0.4 is 5.73 Å². The van der Waals surface area contributed by atoms with E-state index in [-0.39, 0.29) is 12.5 Å². The van der Waals surface area contributed by atoms with Gasteiger partial charge in [-0.05, 0) is 30.2 Å². The standard InChI is InChI=1S/C25H21N3O2/c1-15-10-12-16(13-11-15)23-22(19-8-4-5-9-20(19)27-23)24-17-6-2-3-7-18(17)25(30)28(24)14-21(26)29/h2-13,24,27H,14H2,1H3,(H2,26,29). The van der Waals surface area contributed by atoms with Gasteiger partial charge in [0.15, 0.2) is 0 Å². The van der Waals surface area contributed by atoms with Crippen molar-refractivity contribution >= 4 is 22.7 Å². The number of nitrogens with one attached hydrogen (secondary N) is 1. The number of benzene rings is 3. The van der Waals surface area contributed by atoms with Crippen LogP contribution in [0, 0.1) is 6.92 Å². The number of rotatable bonds is 4. The number of amides is 2. The minimum Gasteiger partial charge on any atom is -0.368 e. The molecular formula is C25H21N3O2. The Morgan fingerprint density at radius 2 is 1.70 bits per heavy atom. The van der Waals surface area contributed by atoms with Gasteiger partial charge in [-0.15, -0.1) is 0 Å². The number of aromatic amines is 1. The molecule has 30 heavy (non-hydrogen) atoms. The fourth-order valence-electron chi connectivity index (χ4n) is 4.41. The summed E-state index contributed by atoms with van der Waals surface area (Å²) in [7, 11) is 0. The lowest BCUT2D eigenvalue weighted by atomic mass is 9.93. The van der Waals surface area contributed by atoms with Crippen LogP contribution in [-0.4, -0.2) is 28.2 Å². The van der Waals surface area contributed by atoms with E-state index in [1.807, 2.05) is 48.5 Å². The molecule has 0 aliphatic carbocycles. The Morgan fingerprint density at radius 1 is 1.00 bits per heavy atom. The highest BCUT2D eigenvalue weighted by molar-refractivity contribution is 6.03. The fourth-order valence-corrected chi connectivity index (χ4v) is 4.41. The average molecular weight is 395 g/mol. The number of nitrogens with zero attached hydrogens (tertiary/aromatic N) is 1. The van der Waals surface area contributed by atoms with Crippen LogP contribution in [0.15, 0.2) is 72.8 Å². The molecule has 0 saturated carbocycles. The number of aryl methyl sites for hydroxylation is 1. The molecule has 0 bridgehead atoms. The summed E-state index contributed by atoms with van der Waals surface area (Å²) in [5, 5.41) is 1.03. The molecule has 1 aromatic heterocycles. The van der Waals surface area contributed by atoms with Gasteiger partial charge < -0.3 is 15.6 Å². The van der Waals surface area contributed by atoms with Crippen molar-refractivity contribution in [3.05, 3.63) is 95.1 Å². The molecule has 1 unspecified atom stereocenters. The number of nitrogens with two attached hydrogens (primary N) is 1. The molecule has 2 heterocycles. The van der Waals surface area contributed by atoms with Gasteiger partial charge in [0.05, 0.1) is 11.7 Å². The van der Waals surface area contributed by atoms with E-state index in [1.54, 1.807) is 4.90 Å². The van der Waals surface area contributed by atoms with Crippen LogP contribution in [-0.2, 0) is 4.79 Å². The molecular weight excluding hydrogens is 374 g/mol. The zero-order chi connectivity index (χ0) is 20.8. The number of carbonyl (C=O) groups is 2. The molecule has 0 saturated heterocycles. The van der Waals surface area contributed by atoms with Crippen LogP contribution in [0.3, 0.4) is 0 Å². The smallest absolute Gasteiger partial charge is 0.255 e. The number of hydrogen-bond donors (Lipinski definition) is 2. The predicted molar refractivity (Wildman–Crippen MR) is 117 cm³/mol. The number of primary amides is 1. The molecule has 148 valence electrons. The van der Waals surface area contributed by atoms with Gasteiger partial charge in [-0.25, -0.2) is 0 Å². The van der Waals surface area contributed by atoms with Crippen LogP contribution in [0.4, 0.5) is 0 Å². The second kappa shape index (κ2) is 6.88. The van der Waals surface area contributed by atoms with E-state index < -0.39 is 11.9 Å². The zero-order valence-electron chi connectivity index (χ0n) is 16.6. The maximum absolute atomic E-state index is 13.2. The van der Waals surface area contributed by atoms with Crippen molar-refractivity contribution in [3.8, 4) is 11.3 Å². The highest BCUT2D eigenvalue weighted by Crippen LogP contribution is 2.45. The first kappa shape index (κ1) is 18.2. The maximum atomic E-state index is 13.2. The Labute approximate surface area is 174 Å². The second-order valence-corrected chi connectivity index (χ2v) is 7.71. The third-order valence-corrected chi connectivity index (χ3v) is 5.74. The second-order valence-electron chi connectivity index (χ2n) is 7.71. The van der Waals surface area contributed by atoms with Crippen LogP contribution in [0.2, 0.25) is 0 Å². The van der Waals surface area contributed by atoms with Gasteiger partial charge >= 0.3 is 0 Å². The Bertz CT molecular complexity index is 1290. The minimum absolute atomic E-state index is 0.134. The van der Waals surface area contributed by atoms with Gasteiger partial charge in [0, 0.05) is 22.0 Å². The fraction of sp³-hybridized carbons (Fsp3) is 0.120. The largest absolute Gasteiger partial charge is 0.368 e. The monoisotopic (exact) mass is 395 g/mol. The summed E-state index contributed by atoms with van der Waals surface area (Å²) in [6.07, 6.45) is 0. The zero-order valence-corrected chi connectivity index (χ0v) is 16.6. The molecule has 5 heteroatoms. The predicted octanol–water partition coefficient (Wildman–Crippen LogP) is 4.17. The first-order valence-corrected chi connectivity index (χ1v) is 9.90. The third-order valence-electron chi connectivity index (χ3n) is 5.74. The quantitative estimate of drug-likeness (QED) is 0.544. The van der Waals surface area contributed by atoms with Crippen LogP contribution in [0.25, 0.3) is 22.2 Å². The van der Waals surface area contributed by atoms with E-state index in [2.05, 4.69) is 36.2 Å². The molecule has 3 aromatic carbocycles. The van der Waals surface area contributed by atoms with Gasteiger partial charge in [-0.3, -0.25) is 9.59 Å². The number of H-pyrrole nitrogens is 1. The molecule has 4 aromatic rings. The molecule has 1 aliphatic heterocycles. The molecule has 2 amide bonds. The number of fused-ring (bicyclic) bond motifs is 2. The lowest BCUT2D eigenvalue weighted by Crippen LogP contribution is -2.37. The van der Waals surface area contributed by atoms with Gasteiger partial charge in [0.1, 0.15) is 6.54 Å². The van der Waals surface area contributed by atoms with Gasteiger partial charge in [-0.2, -0.15) is 0 Å². The van der Waals surface area contributed by atoms with E-state index in [9.17, 15) is 9.59 Å². The van der Waals surface area contributed by atoms with Crippen molar-refractivity contribution in [1.29, 1.82) is 0 Å². The summed E-state index contributed by atoms with van der Waals surface area (Å²) in [6.45, 7) is 1.92. The normalized spacial score (nSPS) is 15.6. The highest BCUT2D eigenvalue weighted by Gasteiger charge is 2.40. The number of carbonyl (C=O) groups excluding carboxylic acids is 2. The molecule has 0 radical (unpaired) electrons. The van der Waals surface area contributed by atoms with E-state index >= 15 is 0 Å². The van der Waals surface area contributed by atoms with Gasteiger partial charge in [-0.1, -0.05) is 66.2 Å². The number of para-hydroxylation sites is 1. The molecule has 5 rings (SSSR count). The number of hydrogen-bond acceptors (Lipinski definition) is 2. The van der Waals surface area contributed by atoms with E-state index in [1.165, 1.54) is 5.56 Å². The summed E-state index contributed by atoms with van der Waals surface area (Å²) in [5.74, 6) is -0.701. The van der Waals surface area contributed by atoms with Crippen molar-refractivity contribution in [3.63, 3.8) is 0 Å². The van der Waals surface area contributed by atoms with Crippen molar-refractivity contribution in [2.24, 2.45) is 5.73 Å². The third kappa shape index (κ3) is 2.78. The highest BCUT2D eigenvalue weighted by atomic mass is 16.2. The van der Waals surface area contributed by atoms with E-state index in [0.29, 0.717) is 5.56 Å². The molecule has 1 atom stereocenters. The minimum atomic E-state index is -0.530. The Balaban J connectivity index is 1.80. The van der Waals surface area contributed by atoms with Gasteiger partial charge in [0.2, 0.25) is 5.91 Å². The number of aromatic nitrogens is 1. The van der Waals surface area contributed by atoms with Crippen LogP contribution in [0.1, 0.15) is 33.1 Å². The Hall–Kier alpha value is -3.86. The summed E-state index contributed by atoms with van der Waals surface area (Å²) in [4.78, 5) is 30.1. The van der Waals surface area contributed by atoms with E-state index in [0.717, 1.165) is 33.3 Å². The first-order chi connectivity index (χ1) is 14.5. The summed E-state index contributed by atoms with van der Waals surface area (Å²) >= 11 is 0. The van der Waals surface area contributed by atoms with Gasteiger partial charge in [0.25, 0.3) is 5.91 Å². The van der Waals surface area contributed by atoms with Crippen molar-refractivity contribution in [1.82, 2.24) is 9.88 Å². The van der Waals surface area contributed by atoms with E-state index in [4.69, 9.17) is 5.73 Å². The SMILES string of the molecule is Cc1ccc(-c2[nH]c3ccccc3c2C2c3ccccc3C(=O)N2CC(N)=O)cc1. The molecule has 5 nitrogen and oxygen atoms in total. The lowest BCUT2D eigenvalue weighted by molar-refractivity contribution is -0.118. The first-order valence-electron chi connectivity index (χ1n) is 9.90. The maximum Gasteiger partial charge on any atom is 0.255 e. The van der Waals surface area contributed by atoms with Crippen molar-refractivity contribution in [2.75, 3.05) is 6.54 Å². The lowest BCUT2D eigenvalue weighted by Gasteiger charge is -2.25. The molecule has 3 N–H and O–H groups in total. The van der Waals surface area contributed by atoms with Crippen LogP contribution >= 0.6 is 0 Å². The topological polar surface area (TPSA) is 79.2 Å². The van der Waals surface area contributed by atoms with Crippen LogP contribution in [0.5, 0.6) is 0 Å².